The summed E-state index contributed by atoms with van der Waals surface area (Å²) in [4.78, 5) is 48.8. The van der Waals surface area contributed by atoms with Crippen LogP contribution in [0.4, 0.5) is 0 Å². The average Bonchev–Trinajstić information content (AvgIpc) is 2.88. The number of fused-ring (bicyclic) bond motifs is 3. The number of hydrogen-bond acceptors (Lipinski definition) is 5. The van der Waals surface area contributed by atoms with E-state index in [-0.39, 0.29) is 34.6 Å². The molecule has 3 heterocycles. The molecule has 0 atom stereocenters. The van der Waals surface area contributed by atoms with Crippen molar-refractivity contribution in [1.82, 2.24) is 14.0 Å². The van der Waals surface area contributed by atoms with Gasteiger partial charge < -0.3 is 9.30 Å². The summed E-state index contributed by atoms with van der Waals surface area (Å²) in [5, 5.41) is 2.13. The summed E-state index contributed by atoms with van der Waals surface area (Å²) in [7, 11) is 0. The Kier molecular flexibility index (Phi) is 5.93. The number of carbonyl (C=O) groups is 2. The third-order valence-electron chi connectivity index (χ3n) is 5.95. The first-order valence-electron chi connectivity index (χ1n) is 11.7. The molecule has 0 radical (unpaired) electrons. The highest BCUT2D eigenvalue weighted by Gasteiger charge is 2.21. The molecule has 36 heavy (non-hydrogen) atoms. The van der Waals surface area contributed by atoms with Gasteiger partial charge in [0, 0.05) is 17.8 Å². The fourth-order valence-corrected chi connectivity index (χ4v) is 4.29. The third-order valence-corrected chi connectivity index (χ3v) is 5.95. The molecule has 0 spiro atoms. The van der Waals surface area contributed by atoms with Crippen LogP contribution in [0.3, 0.4) is 0 Å². The molecule has 0 fully saturated rings. The molecule has 3 aromatic heterocycles. The Bertz CT molecular complexity index is 1800. The minimum absolute atomic E-state index is 0.0296. The highest BCUT2D eigenvalue weighted by atomic mass is 16.5. The minimum Gasteiger partial charge on any atom is -0.462 e. The Morgan fingerprint density at radius 1 is 1.00 bits per heavy atom. The van der Waals surface area contributed by atoms with Crippen LogP contribution >= 0.6 is 0 Å². The number of hydrogen-bond donors (Lipinski definition) is 0. The Labute approximate surface area is 206 Å². The lowest BCUT2D eigenvalue weighted by Crippen LogP contribution is -2.33. The predicted molar refractivity (Wildman–Crippen MR) is 137 cm³/mol. The topological polar surface area (TPSA) is 95.0 Å². The third kappa shape index (κ3) is 3.96. The van der Waals surface area contributed by atoms with Gasteiger partial charge in [0.05, 0.1) is 12.0 Å². The van der Waals surface area contributed by atoms with E-state index in [0.717, 1.165) is 10.8 Å². The van der Waals surface area contributed by atoms with Crippen LogP contribution in [0.25, 0.3) is 27.5 Å². The molecule has 1 amide bonds. The first-order chi connectivity index (χ1) is 17.4. The van der Waals surface area contributed by atoms with Crippen LogP contribution in [0.5, 0.6) is 0 Å². The van der Waals surface area contributed by atoms with Crippen molar-refractivity contribution in [2.45, 2.75) is 26.8 Å². The van der Waals surface area contributed by atoms with Crippen molar-refractivity contribution in [2.24, 2.45) is 4.99 Å². The highest BCUT2D eigenvalue weighted by molar-refractivity contribution is 6.00. The van der Waals surface area contributed by atoms with Crippen LogP contribution in [0.2, 0.25) is 0 Å². The first kappa shape index (κ1) is 23.2. The predicted octanol–water partition coefficient (Wildman–Crippen LogP) is 4.30. The maximum atomic E-state index is 13.4. The molecule has 2 aromatic carbocycles. The fraction of sp³-hybridized carbons (Fsp3) is 0.179. The van der Waals surface area contributed by atoms with Crippen LogP contribution in [0, 0.1) is 0 Å². The molecule has 0 aliphatic rings. The van der Waals surface area contributed by atoms with Gasteiger partial charge in [-0.05, 0) is 61.9 Å². The molecule has 0 aliphatic carbocycles. The molecular formula is C28H24N4O4. The highest BCUT2D eigenvalue weighted by Crippen LogP contribution is 2.18. The van der Waals surface area contributed by atoms with Crippen LogP contribution in [0.1, 0.15) is 47.5 Å². The number of amides is 1. The number of ether oxygens (including phenoxy) is 1. The fourth-order valence-electron chi connectivity index (χ4n) is 4.29. The van der Waals surface area contributed by atoms with Crippen molar-refractivity contribution in [2.75, 3.05) is 6.61 Å². The van der Waals surface area contributed by atoms with E-state index in [2.05, 4.69) is 4.99 Å². The summed E-state index contributed by atoms with van der Waals surface area (Å²) in [5.41, 5.74) is 0.955. The zero-order valence-corrected chi connectivity index (χ0v) is 20.1. The Hall–Kier alpha value is -4.59. The second kappa shape index (κ2) is 9.22. The molecule has 5 rings (SSSR count). The van der Waals surface area contributed by atoms with E-state index in [0.29, 0.717) is 16.9 Å². The van der Waals surface area contributed by atoms with E-state index in [1.807, 2.05) is 44.2 Å². The second-order valence-electron chi connectivity index (χ2n) is 8.63. The lowest BCUT2D eigenvalue weighted by molar-refractivity contribution is 0.0523. The van der Waals surface area contributed by atoms with E-state index in [1.54, 1.807) is 48.0 Å². The van der Waals surface area contributed by atoms with Crippen LogP contribution < -0.4 is 11.0 Å². The summed E-state index contributed by atoms with van der Waals surface area (Å²) in [5.74, 6) is -1.19. The van der Waals surface area contributed by atoms with Crippen molar-refractivity contribution in [3.8, 4) is 0 Å². The van der Waals surface area contributed by atoms with Gasteiger partial charge in [-0.1, -0.05) is 36.4 Å². The minimum atomic E-state index is -0.670. The van der Waals surface area contributed by atoms with Gasteiger partial charge in [0.25, 0.3) is 11.5 Å². The smallest absolute Gasteiger partial charge is 0.341 e. The molecule has 0 unspecified atom stereocenters. The van der Waals surface area contributed by atoms with E-state index in [1.165, 1.54) is 10.5 Å². The van der Waals surface area contributed by atoms with Crippen molar-refractivity contribution in [1.29, 1.82) is 0 Å². The summed E-state index contributed by atoms with van der Waals surface area (Å²) >= 11 is 0. The van der Waals surface area contributed by atoms with E-state index in [4.69, 9.17) is 9.72 Å². The van der Waals surface area contributed by atoms with Gasteiger partial charge in [-0.2, -0.15) is 4.99 Å². The second-order valence-corrected chi connectivity index (χ2v) is 8.63. The number of nitrogens with zero attached hydrogens (tertiary/aromatic N) is 4. The molecule has 8 heteroatoms. The molecule has 180 valence electrons. The van der Waals surface area contributed by atoms with Crippen molar-refractivity contribution < 1.29 is 14.3 Å². The molecular weight excluding hydrogens is 456 g/mol. The van der Waals surface area contributed by atoms with E-state index < -0.39 is 11.9 Å². The maximum absolute atomic E-state index is 13.4. The molecule has 0 N–H and O–H groups in total. The van der Waals surface area contributed by atoms with Gasteiger partial charge in [0.2, 0.25) is 0 Å². The Morgan fingerprint density at radius 2 is 1.75 bits per heavy atom. The standard InChI is InChI=1S/C28H24N4O4/c1-4-36-28(35)22-16-21-24(29-23-11-7-8-14-31(23)27(21)34)32(17(2)3)25(22)30-26(33)20-13-12-18-9-5-6-10-19(18)15-20/h5-17H,4H2,1-3H3. The summed E-state index contributed by atoms with van der Waals surface area (Å²) in [6, 6.07) is 19.4. The average molecular weight is 481 g/mol. The SMILES string of the molecule is CCOC(=O)c1cc2c(=O)n3ccccc3nc2n(C(C)C)c1=NC(=O)c1ccc2ccccc2c1. The molecule has 0 aliphatic heterocycles. The van der Waals surface area contributed by atoms with Gasteiger partial charge in [0.15, 0.2) is 5.49 Å². The number of aromatic nitrogens is 3. The molecule has 0 bridgehead atoms. The van der Waals surface area contributed by atoms with Gasteiger partial charge in [-0.3, -0.25) is 14.0 Å². The number of esters is 1. The van der Waals surface area contributed by atoms with Crippen molar-refractivity contribution in [3.05, 3.63) is 99.9 Å². The number of carbonyl (C=O) groups excluding carboxylic acids is 2. The van der Waals surface area contributed by atoms with Gasteiger partial charge in [0.1, 0.15) is 16.9 Å². The monoisotopic (exact) mass is 480 g/mol. The number of pyridine rings is 2. The summed E-state index contributed by atoms with van der Waals surface area (Å²) in [6.07, 6.45) is 1.62. The van der Waals surface area contributed by atoms with Crippen LogP contribution in [0.15, 0.2) is 82.7 Å². The maximum Gasteiger partial charge on any atom is 0.341 e. The largest absolute Gasteiger partial charge is 0.462 e. The first-order valence-corrected chi connectivity index (χ1v) is 11.7. The van der Waals surface area contributed by atoms with E-state index in [9.17, 15) is 14.4 Å². The van der Waals surface area contributed by atoms with Crippen molar-refractivity contribution in [3.63, 3.8) is 0 Å². The zero-order valence-electron chi connectivity index (χ0n) is 20.1. The quantitative estimate of drug-likeness (QED) is 0.282. The zero-order chi connectivity index (χ0) is 25.4. The number of benzene rings is 2. The lowest BCUT2D eigenvalue weighted by atomic mass is 10.1. The van der Waals surface area contributed by atoms with Crippen LogP contribution in [-0.2, 0) is 4.74 Å². The normalized spacial score (nSPS) is 12.1. The number of rotatable bonds is 4. The molecule has 0 saturated heterocycles. The van der Waals surface area contributed by atoms with Gasteiger partial charge >= 0.3 is 5.97 Å². The Balaban J connectivity index is 1.85. The van der Waals surface area contributed by atoms with E-state index >= 15 is 0 Å². The molecule has 8 nitrogen and oxygen atoms in total. The Morgan fingerprint density at radius 3 is 2.50 bits per heavy atom. The summed E-state index contributed by atoms with van der Waals surface area (Å²) in [6.45, 7) is 5.58. The van der Waals surface area contributed by atoms with Crippen LogP contribution in [-0.4, -0.2) is 32.4 Å². The molecule has 5 aromatic rings. The van der Waals surface area contributed by atoms with Gasteiger partial charge in [-0.25, -0.2) is 9.78 Å². The lowest BCUT2D eigenvalue weighted by Gasteiger charge is -2.17. The molecule has 0 saturated carbocycles. The van der Waals surface area contributed by atoms with Crippen molar-refractivity contribution >= 4 is 39.3 Å². The van der Waals surface area contributed by atoms with Gasteiger partial charge in [-0.15, -0.1) is 0 Å². The summed E-state index contributed by atoms with van der Waals surface area (Å²) < 4.78 is 8.34.